The number of nitrogens with zero attached hydrogens (tertiary/aromatic N) is 1. The first-order chi connectivity index (χ1) is 7.16. The van der Waals surface area contributed by atoms with Gasteiger partial charge in [0.05, 0.1) is 0 Å². The van der Waals surface area contributed by atoms with E-state index in [4.69, 9.17) is 5.73 Å². The summed E-state index contributed by atoms with van der Waals surface area (Å²) < 4.78 is 13.6. The Morgan fingerprint density at radius 3 is 2.47 bits per heavy atom. The van der Waals surface area contributed by atoms with Gasteiger partial charge in [-0.3, -0.25) is 0 Å². The van der Waals surface area contributed by atoms with E-state index in [1.54, 1.807) is 24.4 Å². The Hall–Kier alpha value is -1.42. The lowest BCUT2D eigenvalue weighted by molar-refractivity contribution is 0.628. The van der Waals surface area contributed by atoms with E-state index in [9.17, 15) is 4.39 Å². The third-order valence-corrected chi connectivity index (χ3v) is 2.69. The topological polar surface area (TPSA) is 38.9 Å². The van der Waals surface area contributed by atoms with Crippen molar-refractivity contribution in [3.05, 3.63) is 46.8 Å². The van der Waals surface area contributed by atoms with Gasteiger partial charge in [0.15, 0.2) is 0 Å². The standard InChI is InChI=1S/C11H8BrFN2/c12-10-5-11(14)15-6-9(10)7-1-3-8(13)4-2-7/h1-6H,(H2,14,15). The first-order valence-corrected chi connectivity index (χ1v) is 5.13. The average Bonchev–Trinajstić information content (AvgIpc) is 2.20. The Morgan fingerprint density at radius 1 is 1.20 bits per heavy atom. The van der Waals surface area contributed by atoms with E-state index < -0.39 is 0 Å². The van der Waals surface area contributed by atoms with Gasteiger partial charge >= 0.3 is 0 Å². The van der Waals surface area contributed by atoms with Gasteiger partial charge in [-0.05, 0) is 39.7 Å². The van der Waals surface area contributed by atoms with Crippen LogP contribution in [0.25, 0.3) is 11.1 Å². The van der Waals surface area contributed by atoms with E-state index in [2.05, 4.69) is 20.9 Å². The highest BCUT2D eigenvalue weighted by Crippen LogP contribution is 2.28. The summed E-state index contributed by atoms with van der Waals surface area (Å²) in [5.41, 5.74) is 7.32. The molecule has 0 unspecified atom stereocenters. The second kappa shape index (κ2) is 3.98. The number of aromatic nitrogens is 1. The fourth-order valence-electron chi connectivity index (χ4n) is 1.29. The molecule has 2 aromatic rings. The minimum Gasteiger partial charge on any atom is -0.384 e. The van der Waals surface area contributed by atoms with Crippen molar-refractivity contribution >= 4 is 21.7 Å². The Bertz CT molecular complexity index is 482. The summed E-state index contributed by atoms with van der Waals surface area (Å²) >= 11 is 3.39. The molecule has 0 aliphatic rings. The maximum absolute atomic E-state index is 12.7. The van der Waals surface area contributed by atoms with E-state index in [1.807, 2.05) is 0 Å². The van der Waals surface area contributed by atoms with E-state index in [0.717, 1.165) is 15.6 Å². The van der Waals surface area contributed by atoms with Crippen molar-refractivity contribution in [1.29, 1.82) is 0 Å². The average molecular weight is 267 g/mol. The number of anilines is 1. The molecular formula is C11H8BrFN2. The zero-order valence-corrected chi connectivity index (χ0v) is 9.33. The number of benzene rings is 1. The van der Waals surface area contributed by atoms with Crippen LogP contribution in [0.3, 0.4) is 0 Å². The minimum atomic E-state index is -0.252. The molecule has 0 saturated carbocycles. The largest absolute Gasteiger partial charge is 0.384 e. The summed E-state index contributed by atoms with van der Waals surface area (Å²) in [5.74, 6) is 0.200. The molecule has 15 heavy (non-hydrogen) atoms. The molecule has 0 spiro atoms. The second-order valence-electron chi connectivity index (χ2n) is 3.10. The zero-order valence-electron chi connectivity index (χ0n) is 7.74. The quantitative estimate of drug-likeness (QED) is 0.861. The monoisotopic (exact) mass is 266 g/mol. The van der Waals surface area contributed by atoms with Gasteiger partial charge in [0, 0.05) is 16.2 Å². The Kier molecular flexibility index (Phi) is 2.68. The van der Waals surface area contributed by atoms with Gasteiger partial charge in [0.2, 0.25) is 0 Å². The Labute approximate surface area is 95.1 Å². The van der Waals surface area contributed by atoms with Crippen LogP contribution < -0.4 is 5.73 Å². The molecule has 0 fully saturated rings. The van der Waals surface area contributed by atoms with Crippen molar-refractivity contribution in [1.82, 2.24) is 4.98 Å². The van der Waals surface area contributed by atoms with Crippen molar-refractivity contribution in [2.45, 2.75) is 0 Å². The van der Waals surface area contributed by atoms with Crippen molar-refractivity contribution in [2.75, 3.05) is 5.73 Å². The van der Waals surface area contributed by atoms with Gasteiger partial charge in [-0.25, -0.2) is 9.37 Å². The molecule has 1 aromatic carbocycles. The lowest BCUT2D eigenvalue weighted by Gasteiger charge is -2.04. The van der Waals surface area contributed by atoms with Crippen LogP contribution in [-0.2, 0) is 0 Å². The van der Waals surface area contributed by atoms with Gasteiger partial charge in [-0.2, -0.15) is 0 Å². The van der Waals surface area contributed by atoms with Crippen LogP contribution in [0, 0.1) is 5.82 Å². The van der Waals surface area contributed by atoms with Crippen LogP contribution in [0.1, 0.15) is 0 Å². The summed E-state index contributed by atoms with van der Waals surface area (Å²) in [4.78, 5) is 3.99. The SMILES string of the molecule is Nc1cc(Br)c(-c2ccc(F)cc2)cn1. The highest BCUT2D eigenvalue weighted by molar-refractivity contribution is 9.10. The predicted octanol–water partition coefficient (Wildman–Crippen LogP) is 3.23. The summed E-state index contributed by atoms with van der Waals surface area (Å²) in [6.45, 7) is 0. The summed E-state index contributed by atoms with van der Waals surface area (Å²) in [5, 5.41) is 0. The third kappa shape index (κ3) is 2.15. The molecule has 2 N–H and O–H groups in total. The maximum Gasteiger partial charge on any atom is 0.124 e. The molecule has 0 radical (unpaired) electrons. The molecule has 1 heterocycles. The van der Waals surface area contributed by atoms with Crippen molar-refractivity contribution in [3.8, 4) is 11.1 Å². The lowest BCUT2D eigenvalue weighted by atomic mass is 10.1. The summed E-state index contributed by atoms with van der Waals surface area (Å²) in [6.07, 6.45) is 1.66. The highest BCUT2D eigenvalue weighted by atomic mass is 79.9. The maximum atomic E-state index is 12.7. The van der Waals surface area contributed by atoms with Crippen molar-refractivity contribution in [2.24, 2.45) is 0 Å². The van der Waals surface area contributed by atoms with E-state index >= 15 is 0 Å². The molecule has 76 valence electrons. The van der Waals surface area contributed by atoms with Crippen molar-refractivity contribution in [3.63, 3.8) is 0 Å². The molecule has 0 amide bonds. The molecule has 1 aromatic heterocycles. The number of rotatable bonds is 1. The molecule has 0 saturated heterocycles. The molecule has 0 aliphatic heterocycles. The lowest BCUT2D eigenvalue weighted by Crippen LogP contribution is -1.90. The van der Waals surface area contributed by atoms with Crippen LogP contribution in [-0.4, -0.2) is 4.98 Å². The second-order valence-corrected chi connectivity index (χ2v) is 3.95. The summed E-state index contributed by atoms with van der Waals surface area (Å²) in [7, 11) is 0. The molecule has 2 nitrogen and oxygen atoms in total. The molecule has 0 atom stereocenters. The van der Waals surface area contributed by atoms with E-state index in [1.165, 1.54) is 12.1 Å². The highest BCUT2D eigenvalue weighted by Gasteiger charge is 2.04. The first-order valence-electron chi connectivity index (χ1n) is 4.34. The van der Waals surface area contributed by atoms with Crippen LogP contribution in [0.4, 0.5) is 10.2 Å². The first kappa shape index (κ1) is 10.1. The number of hydrogen-bond acceptors (Lipinski definition) is 2. The Morgan fingerprint density at radius 2 is 1.87 bits per heavy atom. The van der Waals surface area contributed by atoms with Gasteiger partial charge < -0.3 is 5.73 Å². The normalized spacial score (nSPS) is 10.3. The van der Waals surface area contributed by atoms with Gasteiger partial charge in [-0.15, -0.1) is 0 Å². The summed E-state index contributed by atoms with van der Waals surface area (Å²) in [6, 6.07) is 7.95. The van der Waals surface area contributed by atoms with E-state index in [-0.39, 0.29) is 5.82 Å². The number of pyridine rings is 1. The molecule has 0 aliphatic carbocycles. The van der Waals surface area contributed by atoms with Gasteiger partial charge in [-0.1, -0.05) is 12.1 Å². The molecular weight excluding hydrogens is 259 g/mol. The molecule has 2 rings (SSSR count). The van der Waals surface area contributed by atoms with Crippen LogP contribution in [0.2, 0.25) is 0 Å². The number of halogens is 2. The molecule has 4 heteroatoms. The number of hydrogen-bond donors (Lipinski definition) is 1. The number of nitrogen functional groups attached to an aromatic ring is 1. The fourth-order valence-corrected chi connectivity index (χ4v) is 1.85. The van der Waals surface area contributed by atoms with E-state index in [0.29, 0.717) is 5.82 Å². The zero-order chi connectivity index (χ0) is 10.8. The van der Waals surface area contributed by atoms with Crippen molar-refractivity contribution < 1.29 is 4.39 Å². The molecule has 0 bridgehead atoms. The predicted molar refractivity (Wildman–Crippen MR) is 61.7 cm³/mol. The van der Waals surface area contributed by atoms with Crippen LogP contribution in [0.5, 0.6) is 0 Å². The van der Waals surface area contributed by atoms with Gasteiger partial charge in [0.1, 0.15) is 11.6 Å². The van der Waals surface area contributed by atoms with Crippen LogP contribution in [0.15, 0.2) is 41.0 Å². The van der Waals surface area contributed by atoms with Crippen LogP contribution >= 0.6 is 15.9 Å². The Balaban J connectivity index is 2.49. The van der Waals surface area contributed by atoms with Gasteiger partial charge in [0.25, 0.3) is 0 Å². The fraction of sp³-hybridized carbons (Fsp3) is 0. The smallest absolute Gasteiger partial charge is 0.124 e. The third-order valence-electron chi connectivity index (χ3n) is 2.03. The number of nitrogens with two attached hydrogens (primary N) is 1. The minimum absolute atomic E-state index is 0.252.